The van der Waals surface area contributed by atoms with Crippen molar-refractivity contribution in [1.82, 2.24) is 4.90 Å². The first-order valence-corrected chi connectivity index (χ1v) is 5.01. The quantitative estimate of drug-likeness (QED) is 0.604. The van der Waals surface area contributed by atoms with Crippen molar-refractivity contribution in [3.8, 4) is 0 Å². The molecule has 1 aliphatic carbocycles. The summed E-state index contributed by atoms with van der Waals surface area (Å²) < 4.78 is 4.88. The zero-order valence-corrected chi connectivity index (χ0v) is 8.75. The fraction of sp³-hybridized carbons (Fsp3) is 0.900. The minimum Gasteiger partial charge on any atom is -0.465 e. The van der Waals surface area contributed by atoms with Crippen molar-refractivity contribution in [2.45, 2.75) is 32.7 Å². The highest BCUT2D eigenvalue weighted by atomic mass is 16.5. The Morgan fingerprint density at radius 2 is 2.23 bits per heavy atom. The summed E-state index contributed by atoms with van der Waals surface area (Å²) in [6, 6.07) is 0.518. The number of hydrogen-bond donors (Lipinski definition) is 0. The molecule has 1 rings (SSSR count). The molecule has 0 spiro atoms. The first kappa shape index (κ1) is 10.5. The van der Waals surface area contributed by atoms with Crippen LogP contribution in [0.15, 0.2) is 0 Å². The minimum absolute atomic E-state index is 0.113. The lowest BCUT2D eigenvalue weighted by molar-refractivity contribution is -0.144. The Morgan fingerprint density at radius 1 is 1.62 bits per heavy atom. The third-order valence-electron chi connectivity index (χ3n) is 2.68. The van der Waals surface area contributed by atoms with Crippen LogP contribution in [-0.2, 0) is 9.53 Å². The Balaban J connectivity index is 2.22. The predicted molar refractivity (Wildman–Crippen MR) is 51.4 cm³/mol. The topological polar surface area (TPSA) is 29.5 Å². The fourth-order valence-electron chi connectivity index (χ4n) is 1.49. The number of likely N-dealkylation sites (N-methyl/N-ethyl adjacent to an activating group) is 1. The van der Waals surface area contributed by atoms with E-state index in [4.69, 9.17) is 4.74 Å². The summed E-state index contributed by atoms with van der Waals surface area (Å²) in [4.78, 5) is 13.2. The second-order valence-corrected chi connectivity index (χ2v) is 3.80. The van der Waals surface area contributed by atoms with Crippen molar-refractivity contribution < 1.29 is 9.53 Å². The van der Waals surface area contributed by atoms with Crippen LogP contribution in [0.2, 0.25) is 0 Å². The SMILES string of the molecule is CCOC(=O)CN(C)C(C)C1CC1. The monoisotopic (exact) mass is 185 g/mol. The van der Waals surface area contributed by atoms with Gasteiger partial charge in [0.05, 0.1) is 13.2 Å². The number of carbonyl (C=O) groups is 1. The van der Waals surface area contributed by atoms with Crippen LogP contribution in [-0.4, -0.2) is 37.1 Å². The van der Waals surface area contributed by atoms with E-state index in [9.17, 15) is 4.79 Å². The van der Waals surface area contributed by atoms with Gasteiger partial charge in [-0.2, -0.15) is 0 Å². The first-order chi connectivity index (χ1) is 6.15. The molecule has 0 heterocycles. The number of ether oxygens (including phenoxy) is 1. The molecule has 1 atom stereocenters. The van der Waals surface area contributed by atoms with Crippen LogP contribution in [0.5, 0.6) is 0 Å². The maximum atomic E-state index is 11.1. The average Bonchev–Trinajstić information content (AvgIpc) is 2.85. The van der Waals surface area contributed by atoms with E-state index >= 15 is 0 Å². The molecule has 3 heteroatoms. The van der Waals surface area contributed by atoms with E-state index in [1.165, 1.54) is 12.8 Å². The summed E-state index contributed by atoms with van der Waals surface area (Å²) in [6.07, 6.45) is 2.63. The van der Waals surface area contributed by atoms with E-state index in [1.807, 2.05) is 14.0 Å². The lowest BCUT2D eigenvalue weighted by Crippen LogP contribution is -2.35. The molecule has 76 valence electrons. The molecule has 3 nitrogen and oxygen atoms in total. The smallest absolute Gasteiger partial charge is 0.320 e. The summed E-state index contributed by atoms with van der Waals surface area (Å²) in [6.45, 7) is 4.91. The maximum absolute atomic E-state index is 11.1. The Kier molecular flexibility index (Phi) is 3.72. The van der Waals surface area contributed by atoms with Gasteiger partial charge >= 0.3 is 5.97 Å². The predicted octanol–water partition coefficient (Wildman–Crippen LogP) is 1.28. The zero-order chi connectivity index (χ0) is 9.84. The molecular formula is C10H19NO2. The van der Waals surface area contributed by atoms with E-state index in [0.717, 1.165) is 5.92 Å². The van der Waals surface area contributed by atoms with Crippen LogP contribution in [0.3, 0.4) is 0 Å². The number of rotatable bonds is 5. The molecule has 0 N–H and O–H groups in total. The van der Waals surface area contributed by atoms with Gasteiger partial charge in [0.2, 0.25) is 0 Å². The number of carbonyl (C=O) groups excluding carboxylic acids is 1. The third-order valence-corrected chi connectivity index (χ3v) is 2.68. The van der Waals surface area contributed by atoms with Crippen LogP contribution in [0.1, 0.15) is 26.7 Å². The lowest BCUT2D eigenvalue weighted by atomic mass is 10.2. The van der Waals surface area contributed by atoms with Gasteiger partial charge in [-0.05, 0) is 39.7 Å². The Bertz CT molecular complexity index is 178. The molecule has 0 saturated heterocycles. The van der Waals surface area contributed by atoms with Crippen molar-refractivity contribution in [2.24, 2.45) is 5.92 Å². The molecule has 0 radical (unpaired) electrons. The molecule has 0 aromatic heterocycles. The zero-order valence-electron chi connectivity index (χ0n) is 8.75. The van der Waals surface area contributed by atoms with E-state index in [2.05, 4.69) is 11.8 Å². The summed E-state index contributed by atoms with van der Waals surface area (Å²) in [5, 5.41) is 0. The molecule has 0 aromatic rings. The number of esters is 1. The summed E-state index contributed by atoms with van der Waals surface area (Å²) in [7, 11) is 1.99. The molecule has 0 bridgehead atoms. The van der Waals surface area contributed by atoms with Gasteiger partial charge in [-0.25, -0.2) is 0 Å². The highest BCUT2D eigenvalue weighted by Crippen LogP contribution is 2.34. The molecule has 1 aliphatic rings. The van der Waals surface area contributed by atoms with Crippen LogP contribution >= 0.6 is 0 Å². The standard InChI is InChI=1S/C10H19NO2/c1-4-13-10(12)7-11(3)8(2)9-5-6-9/h8-9H,4-7H2,1-3H3. The highest BCUT2D eigenvalue weighted by Gasteiger charge is 2.31. The molecule has 1 saturated carbocycles. The van der Waals surface area contributed by atoms with E-state index < -0.39 is 0 Å². The maximum Gasteiger partial charge on any atom is 0.320 e. The molecule has 1 fully saturated rings. The normalized spacial score (nSPS) is 18.8. The molecule has 0 amide bonds. The van der Waals surface area contributed by atoms with Crippen molar-refractivity contribution in [2.75, 3.05) is 20.2 Å². The summed E-state index contributed by atoms with van der Waals surface area (Å²) >= 11 is 0. The van der Waals surface area contributed by atoms with E-state index in [-0.39, 0.29) is 5.97 Å². The molecule has 0 aromatic carbocycles. The van der Waals surface area contributed by atoms with E-state index in [1.54, 1.807) is 0 Å². The van der Waals surface area contributed by atoms with Crippen molar-refractivity contribution in [3.05, 3.63) is 0 Å². The molecule has 1 unspecified atom stereocenters. The Morgan fingerprint density at radius 3 is 2.69 bits per heavy atom. The van der Waals surface area contributed by atoms with Gasteiger partial charge < -0.3 is 4.74 Å². The van der Waals surface area contributed by atoms with Crippen LogP contribution in [0.4, 0.5) is 0 Å². The largest absolute Gasteiger partial charge is 0.465 e. The molecular weight excluding hydrogens is 166 g/mol. The number of hydrogen-bond acceptors (Lipinski definition) is 3. The average molecular weight is 185 g/mol. The third kappa shape index (κ3) is 3.35. The van der Waals surface area contributed by atoms with Crippen LogP contribution in [0.25, 0.3) is 0 Å². The van der Waals surface area contributed by atoms with Crippen molar-refractivity contribution in [1.29, 1.82) is 0 Å². The van der Waals surface area contributed by atoms with Gasteiger partial charge in [-0.3, -0.25) is 9.69 Å². The van der Waals surface area contributed by atoms with E-state index in [0.29, 0.717) is 19.2 Å². The van der Waals surface area contributed by atoms with Gasteiger partial charge in [0.15, 0.2) is 0 Å². The fourth-order valence-corrected chi connectivity index (χ4v) is 1.49. The lowest BCUT2D eigenvalue weighted by Gasteiger charge is -2.23. The minimum atomic E-state index is -0.113. The summed E-state index contributed by atoms with van der Waals surface area (Å²) in [5.74, 6) is 0.692. The van der Waals surface area contributed by atoms with Crippen LogP contribution < -0.4 is 0 Å². The van der Waals surface area contributed by atoms with Crippen molar-refractivity contribution in [3.63, 3.8) is 0 Å². The Hall–Kier alpha value is -0.570. The van der Waals surface area contributed by atoms with Gasteiger partial charge in [-0.15, -0.1) is 0 Å². The second-order valence-electron chi connectivity index (χ2n) is 3.80. The first-order valence-electron chi connectivity index (χ1n) is 5.01. The van der Waals surface area contributed by atoms with Crippen molar-refractivity contribution >= 4 is 5.97 Å². The molecule has 0 aliphatic heterocycles. The molecule has 13 heavy (non-hydrogen) atoms. The van der Waals surface area contributed by atoms with Gasteiger partial charge in [-0.1, -0.05) is 0 Å². The van der Waals surface area contributed by atoms with Gasteiger partial charge in [0.1, 0.15) is 0 Å². The number of nitrogens with zero attached hydrogens (tertiary/aromatic N) is 1. The second kappa shape index (κ2) is 4.61. The van der Waals surface area contributed by atoms with Gasteiger partial charge in [0, 0.05) is 6.04 Å². The highest BCUT2D eigenvalue weighted by molar-refractivity contribution is 5.71. The van der Waals surface area contributed by atoms with Crippen LogP contribution in [0, 0.1) is 5.92 Å². The Labute approximate surface area is 80.1 Å². The summed E-state index contributed by atoms with van der Waals surface area (Å²) in [5.41, 5.74) is 0. The van der Waals surface area contributed by atoms with Gasteiger partial charge in [0.25, 0.3) is 0 Å².